The molecule has 1 atom stereocenters. The van der Waals surface area contributed by atoms with Crippen LogP contribution in [0.3, 0.4) is 0 Å². The van der Waals surface area contributed by atoms with Gasteiger partial charge in [0.2, 0.25) is 5.78 Å². The van der Waals surface area contributed by atoms with E-state index in [9.17, 15) is 9.59 Å². The zero-order valence-electron chi connectivity index (χ0n) is 22.1. The van der Waals surface area contributed by atoms with Crippen molar-refractivity contribution in [2.75, 3.05) is 14.2 Å². The molecule has 40 heavy (non-hydrogen) atoms. The monoisotopic (exact) mass is 596 g/mol. The summed E-state index contributed by atoms with van der Waals surface area (Å²) in [7, 11) is 3.17. The quantitative estimate of drug-likeness (QED) is 0.144. The van der Waals surface area contributed by atoms with Crippen molar-refractivity contribution in [3.8, 4) is 23.0 Å². The standard InChI is InChI=1S/C33H25BrO6/c1-18-15-22-28-23(37-2)13-14-24(40-33(36)20-9-11-21(34)12-10-20)30(28)32(35)31-26(16-25(38-3)27(18)29(22)31)39-17-19-7-5-4-6-8-19/h4-16,18H,17H2,1-3H3. The molecule has 0 saturated carbocycles. The lowest BCUT2D eigenvalue weighted by molar-refractivity contribution is 0.0732. The van der Waals surface area contributed by atoms with E-state index in [1.807, 2.05) is 30.3 Å². The molecule has 0 heterocycles. The second kappa shape index (κ2) is 10.3. The Bertz CT molecular complexity index is 1690. The smallest absolute Gasteiger partial charge is 0.343 e. The molecule has 2 aliphatic rings. The van der Waals surface area contributed by atoms with Crippen molar-refractivity contribution in [3.05, 3.63) is 122 Å². The maximum absolute atomic E-state index is 14.4. The summed E-state index contributed by atoms with van der Waals surface area (Å²) in [6, 6.07) is 21.7. The Morgan fingerprint density at radius 3 is 2.17 bits per heavy atom. The van der Waals surface area contributed by atoms with Crippen molar-refractivity contribution in [2.24, 2.45) is 0 Å². The van der Waals surface area contributed by atoms with Crippen LogP contribution in [0.2, 0.25) is 0 Å². The fraction of sp³-hybridized carbons (Fsp3) is 0.152. The van der Waals surface area contributed by atoms with Gasteiger partial charge in [-0.1, -0.05) is 59.3 Å². The van der Waals surface area contributed by atoms with Gasteiger partial charge >= 0.3 is 5.97 Å². The first kappa shape index (κ1) is 25.9. The Kier molecular flexibility index (Phi) is 6.68. The molecule has 0 bridgehead atoms. The van der Waals surface area contributed by atoms with Gasteiger partial charge in [-0.2, -0.15) is 0 Å². The Morgan fingerprint density at radius 1 is 0.800 bits per heavy atom. The highest BCUT2D eigenvalue weighted by Gasteiger charge is 2.41. The van der Waals surface area contributed by atoms with Gasteiger partial charge in [0.25, 0.3) is 0 Å². The normalized spacial score (nSPS) is 14.7. The molecule has 7 heteroatoms. The number of hydrogen-bond donors (Lipinski definition) is 0. The number of hydrogen-bond acceptors (Lipinski definition) is 6. The first-order valence-electron chi connectivity index (χ1n) is 12.8. The van der Waals surface area contributed by atoms with Crippen LogP contribution in [0.25, 0.3) is 5.57 Å². The predicted molar refractivity (Wildman–Crippen MR) is 155 cm³/mol. The first-order chi connectivity index (χ1) is 19.4. The molecule has 0 radical (unpaired) electrons. The lowest BCUT2D eigenvalue weighted by Crippen LogP contribution is -2.20. The zero-order chi connectivity index (χ0) is 28.0. The van der Waals surface area contributed by atoms with E-state index in [0.717, 1.165) is 26.7 Å². The van der Waals surface area contributed by atoms with E-state index in [1.165, 1.54) is 0 Å². The van der Waals surface area contributed by atoms with E-state index in [0.29, 0.717) is 33.9 Å². The van der Waals surface area contributed by atoms with Crippen LogP contribution in [0, 0.1) is 0 Å². The number of esters is 1. The molecule has 0 aromatic heterocycles. The second-order valence-corrected chi connectivity index (χ2v) is 10.5. The topological polar surface area (TPSA) is 71.1 Å². The van der Waals surface area contributed by atoms with Crippen LogP contribution >= 0.6 is 15.9 Å². The Morgan fingerprint density at radius 2 is 1.48 bits per heavy atom. The van der Waals surface area contributed by atoms with Crippen molar-refractivity contribution in [3.63, 3.8) is 0 Å². The molecule has 4 aromatic carbocycles. The number of rotatable bonds is 7. The molecule has 0 spiro atoms. The summed E-state index contributed by atoms with van der Waals surface area (Å²) in [4.78, 5) is 27.5. The number of carbonyl (C=O) groups excluding carboxylic acids is 2. The highest BCUT2D eigenvalue weighted by Crippen LogP contribution is 2.55. The van der Waals surface area contributed by atoms with Gasteiger partial charge in [-0.3, -0.25) is 4.79 Å². The van der Waals surface area contributed by atoms with Crippen LogP contribution in [0.4, 0.5) is 0 Å². The minimum Gasteiger partial charge on any atom is -0.496 e. The number of methoxy groups -OCH3 is 2. The van der Waals surface area contributed by atoms with Gasteiger partial charge in [0.1, 0.15) is 29.6 Å². The molecule has 0 aliphatic heterocycles. The van der Waals surface area contributed by atoms with Crippen LogP contribution in [0.5, 0.6) is 23.0 Å². The van der Waals surface area contributed by atoms with E-state index >= 15 is 0 Å². The molecule has 6 rings (SSSR count). The predicted octanol–water partition coefficient (Wildman–Crippen LogP) is 7.36. The summed E-state index contributed by atoms with van der Waals surface area (Å²) in [6.07, 6.45) is 2.09. The largest absolute Gasteiger partial charge is 0.496 e. The van der Waals surface area contributed by atoms with Crippen LogP contribution in [-0.2, 0) is 6.61 Å². The Labute approximate surface area is 240 Å². The van der Waals surface area contributed by atoms with Crippen LogP contribution in [-0.4, -0.2) is 26.0 Å². The molecule has 6 nitrogen and oxygen atoms in total. The minimum atomic E-state index is -0.566. The van der Waals surface area contributed by atoms with Crippen molar-refractivity contribution in [1.29, 1.82) is 0 Å². The van der Waals surface area contributed by atoms with Gasteiger partial charge in [-0.15, -0.1) is 0 Å². The zero-order valence-corrected chi connectivity index (χ0v) is 23.7. The third kappa shape index (κ3) is 4.27. The van der Waals surface area contributed by atoms with Gasteiger partial charge in [0.05, 0.1) is 30.9 Å². The van der Waals surface area contributed by atoms with Crippen LogP contribution < -0.4 is 18.9 Å². The number of ether oxygens (including phenoxy) is 4. The molecule has 0 fully saturated rings. The van der Waals surface area contributed by atoms with Gasteiger partial charge < -0.3 is 18.9 Å². The number of benzene rings is 4. The molecule has 1 unspecified atom stereocenters. The number of allylic oxidation sites excluding steroid dienone is 1. The molecule has 0 amide bonds. The van der Waals surface area contributed by atoms with Gasteiger partial charge in [0, 0.05) is 33.1 Å². The average Bonchev–Trinajstić information content (AvgIpc) is 3.32. The summed E-state index contributed by atoms with van der Waals surface area (Å²) in [5, 5.41) is 0. The van der Waals surface area contributed by atoms with Crippen molar-refractivity contribution in [1.82, 2.24) is 0 Å². The van der Waals surface area contributed by atoms with Gasteiger partial charge in [0.15, 0.2) is 0 Å². The van der Waals surface area contributed by atoms with Gasteiger partial charge in [-0.25, -0.2) is 4.79 Å². The number of halogens is 1. The Balaban J connectivity index is 1.51. The third-order valence-electron chi connectivity index (χ3n) is 7.25. The molecular formula is C33H25BrO6. The number of ketones is 1. The lowest BCUT2D eigenvalue weighted by atomic mass is 9.80. The maximum atomic E-state index is 14.4. The van der Waals surface area contributed by atoms with E-state index in [4.69, 9.17) is 18.9 Å². The average molecular weight is 597 g/mol. The molecule has 4 aromatic rings. The second-order valence-electron chi connectivity index (χ2n) is 9.63. The van der Waals surface area contributed by atoms with E-state index in [1.54, 1.807) is 56.7 Å². The highest BCUT2D eigenvalue weighted by atomic mass is 79.9. The third-order valence-corrected chi connectivity index (χ3v) is 7.78. The molecule has 2 aliphatic carbocycles. The van der Waals surface area contributed by atoms with Gasteiger partial charge in [-0.05, 0) is 47.5 Å². The molecule has 0 N–H and O–H groups in total. The fourth-order valence-electron chi connectivity index (χ4n) is 5.43. The summed E-state index contributed by atoms with van der Waals surface area (Å²) in [5.74, 6) is 0.824. The summed E-state index contributed by atoms with van der Waals surface area (Å²) in [6.45, 7) is 2.33. The molecule has 0 saturated heterocycles. The van der Waals surface area contributed by atoms with Crippen molar-refractivity contribution < 1.29 is 28.5 Å². The van der Waals surface area contributed by atoms with E-state index in [2.05, 4.69) is 28.9 Å². The maximum Gasteiger partial charge on any atom is 0.343 e. The molecule has 200 valence electrons. The summed E-state index contributed by atoms with van der Waals surface area (Å²) < 4.78 is 24.5. The fourth-order valence-corrected chi connectivity index (χ4v) is 5.70. The number of fused-ring (bicyclic) bond motifs is 2. The van der Waals surface area contributed by atoms with Crippen LogP contribution in [0.15, 0.2) is 83.3 Å². The van der Waals surface area contributed by atoms with Crippen molar-refractivity contribution in [2.45, 2.75) is 19.4 Å². The van der Waals surface area contributed by atoms with Crippen molar-refractivity contribution >= 4 is 33.3 Å². The summed E-state index contributed by atoms with van der Waals surface area (Å²) >= 11 is 3.38. The number of carbonyl (C=O) groups is 2. The highest BCUT2D eigenvalue weighted by molar-refractivity contribution is 9.10. The summed E-state index contributed by atoms with van der Waals surface area (Å²) in [5.41, 5.74) is 5.11. The lowest BCUT2D eigenvalue weighted by Gasteiger charge is -2.27. The first-order valence-corrected chi connectivity index (χ1v) is 13.6. The van der Waals surface area contributed by atoms with Crippen LogP contribution in [0.1, 0.15) is 61.4 Å². The SMILES string of the molecule is COc1ccc(OC(=O)c2ccc(Br)cc2)c2c1C1=CC(C)c3c(OC)cc(OCc4ccccc4)c(c31)C2=O. The van der Waals surface area contributed by atoms with E-state index in [-0.39, 0.29) is 29.6 Å². The minimum absolute atomic E-state index is 0.0284. The van der Waals surface area contributed by atoms with E-state index < -0.39 is 5.97 Å². The molecular weight excluding hydrogens is 572 g/mol. The Hall–Kier alpha value is -4.36.